The van der Waals surface area contributed by atoms with Crippen LogP contribution in [0.2, 0.25) is 18.1 Å². The Labute approximate surface area is 243 Å². The number of anilines is 1. The predicted molar refractivity (Wildman–Crippen MR) is 163 cm³/mol. The Morgan fingerprint density at radius 3 is 2.22 bits per heavy atom. The third kappa shape index (κ3) is 6.01. The first-order valence-corrected chi connectivity index (χ1v) is 16.8. The van der Waals surface area contributed by atoms with Gasteiger partial charge in [-0.2, -0.15) is 0 Å². The summed E-state index contributed by atoms with van der Waals surface area (Å²) in [5, 5.41) is 12.0. The fourth-order valence-corrected chi connectivity index (χ4v) is 6.30. The van der Waals surface area contributed by atoms with Crippen molar-refractivity contribution in [1.82, 2.24) is 0 Å². The normalized spacial score (nSPS) is 17.0. The molecule has 1 aliphatic heterocycles. The number of carbonyl (C=O) groups is 1. The van der Waals surface area contributed by atoms with Crippen LogP contribution < -0.4 is 14.4 Å². The Balaban J connectivity index is 1.78. The average Bonchev–Trinajstić information content (AvgIpc) is 3.14. The number of amides is 1. The first kappa shape index (κ1) is 30.3. The lowest BCUT2D eigenvalue weighted by Crippen LogP contribution is -2.45. The van der Waals surface area contributed by atoms with E-state index in [1.165, 1.54) is 6.07 Å². The highest BCUT2D eigenvalue weighted by atomic mass is 28.4. The Hall–Kier alpha value is -3.69. The number of nitro benzene ring substituents is 1. The van der Waals surface area contributed by atoms with Crippen molar-refractivity contribution in [3.05, 3.63) is 93.5 Å². The molecule has 41 heavy (non-hydrogen) atoms. The van der Waals surface area contributed by atoms with Crippen LogP contribution in [0.1, 0.15) is 43.9 Å². The molecular formula is C32H40N2O6Si. The second kappa shape index (κ2) is 11.7. The molecular weight excluding hydrogens is 536 g/mol. The molecule has 0 N–H and O–H groups in total. The summed E-state index contributed by atoms with van der Waals surface area (Å²) in [7, 11) is 1.27. The van der Waals surface area contributed by atoms with Gasteiger partial charge in [-0.25, -0.2) is 0 Å². The fraction of sp³-hybridized carbons (Fsp3) is 0.406. The van der Waals surface area contributed by atoms with Crippen LogP contribution in [0.5, 0.6) is 11.5 Å². The minimum absolute atomic E-state index is 0.00410. The molecule has 4 rings (SSSR count). The number of nitrogens with zero attached hydrogens (tertiary/aromatic N) is 2. The molecule has 0 aromatic heterocycles. The van der Waals surface area contributed by atoms with Crippen LogP contribution in [0.4, 0.5) is 11.4 Å². The molecule has 0 aliphatic carbocycles. The maximum absolute atomic E-state index is 14.3. The molecule has 9 heteroatoms. The van der Waals surface area contributed by atoms with Gasteiger partial charge in [0.05, 0.1) is 17.4 Å². The SMILES string of the molecule is COc1ccc(OCc2cccc3c2C(CCO[Si](C)(C)C(C)(C)C)(Cc2ccccc2[N+](=O)[O-])C(=O)N3C)cc1. The summed E-state index contributed by atoms with van der Waals surface area (Å²) in [6.45, 7) is 11.5. The second-order valence-electron chi connectivity index (χ2n) is 12.1. The van der Waals surface area contributed by atoms with Gasteiger partial charge in [0.2, 0.25) is 5.91 Å². The molecule has 0 saturated heterocycles. The number of carbonyl (C=O) groups excluding carboxylic acids is 1. The van der Waals surface area contributed by atoms with Gasteiger partial charge in [-0.15, -0.1) is 0 Å². The van der Waals surface area contributed by atoms with E-state index in [2.05, 4.69) is 33.9 Å². The standard InChI is InChI=1S/C32H40N2O6Si/c1-31(2,3)41(6,7)40-20-19-32(21-23-11-8-9-13-27(23)34(36)37)29-24(12-10-14-28(29)33(4)30(32)35)22-39-26-17-15-25(38-5)16-18-26/h8-18H,19-22H2,1-7H3. The molecule has 8 nitrogen and oxygen atoms in total. The van der Waals surface area contributed by atoms with Crippen LogP contribution in [-0.4, -0.2) is 39.9 Å². The molecule has 3 aromatic rings. The number of para-hydroxylation sites is 1. The molecule has 0 saturated carbocycles. The third-order valence-corrected chi connectivity index (χ3v) is 13.2. The summed E-state index contributed by atoms with van der Waals surface area (Å²) in [6, 6.07) is 19.8. The van der Waals surface area contributed by atoms with Crippen LogP contribution in [-0.2, 0) is 27.7 Å². The summed E-state index contributed by atoms with van der Waals surface area (Å²) >= 11 is 0. The molecule has 1 unspecified atom stereocenters. The van der Waals surface area contributed by atoms with E-state index in [-0.39, 0.29) is 34.6 Å². The van der Waals surface area contributed by atoms with Gasteiger partial charge >= 0.3 is 0 Å². The number of rotatable bonds is 11. The molecule has 218 valence electrons. The summed E-state index contributed by atoms with van der Waals surface area (Å²) in [6.07, 6.45) is 0.571. The first-order chi connectivity index (χ1) is 19.3. The Bertz CT molecular complexity index is 1420. The highest BCUT2D eigenvalue weighted by Crippen LogP contribution is 2.49. The zero-order valence-corrected chi connectivity index (χ0v) is 26.0. The number of hydrogen-bond acceptors (Lipinski definition) is 6. The molecule has 3 aromatic carbocycles. The highest BCUT2D eigenvalue weighted by molar-refractivity contribution is 6.74. The molecule has 0 fully saturated rings. The molecule has 1 heterocycles. The van der Waals surface area contributed by atoms with E-state index >= 15 is 0 Å². The monoisotopic (exact) mass is 576 g/mol. The molecule has 1 aliphatic rings. The maximum Gasteiger partial charge on any atom is 0.272 e. The van der Waals surface area contributed by atoms with Crippen molar-refractivity contribution in [3.8, 4) is 11.5 Å². The Morgan fingerprint density at radius 1 is 0.951 bits per heavy atom. The van der Waals surface area contributed by atoms with Crippen LogP contribution in [0, 0.1) is 10.1 Å². The van der Waals surface area contributed by atoms with Gasteiger partial charge in [-0.05, 0) is 72.4 Å². The highest BCUT2D eigenvalue weighted by Gasteiger charge is 2.52. The van der Waals surface area contributed by atoms with Gasteiger partial charge in [0.1, 0.15) is 18.1 Å². The minimum Gasteiger partial charge on any atom is -0.497 e. The van der Waals surface area contributed by atoms with Gasteiger partial charge < -0.3 is 18.8 Å². The van der Waals surface area contributed by atoms with E-state index in [1.807, 2.05) is 42.5 Å². The zero-order valence-electron chi connectivity index (χ0n) is 25.0. The average molecular weight is 577 g/mol. The molecule has 0 bridgehead atoms. The van der Waals surface area contributed by atoms with Gasteiger partial charge in [-0.3, -0.25) is 14.9 Å². The van der Waals surface area contributed by atoms with Gasteiger partial charge in [0.25, 0.3) is 5.69 Å². The lowest BCUT2D eigenvalue weighted by Gasteiger charge is -2.38. The smallest absolute Gasteiger partial charge is 0.272 e. The topological polar surface area (TPSA) is 91.1 Å². The van der Waals surface area contributed by atoms with E-state index in [9.17, 15) is 14.9 Å². The van der Waals surface area contributed by atoms with Crippen molar-refractivity contribution in [3.63, 3.8) is 0 Å². The maximum atomic E-state index is 14.3. The van der Waals surface area contributed by atoms with Crippen molar-refractivity contribution >= 4 is 25.6 Å². The number of fused-ring (bicyclic) bond motifs is 1. The van der Waals surface area contributed by atoms with E-state index in [4.69, 9.17) is 13.9 Å². The summed E-state index contributed by atoms with van der Waals surface area (Å²) in [5.41, 5.74) is 1.97. The minimum atomic E-state index is -2.11. The molecule has 1 amide bonds. The fourth-order valence-electron chi connectivity index (χ4n) is 5.25. The van der Waals surface area contributed by atoms with Crippen LogP contribution in [0.15, 0.2) is 66.7 Å². The van der Waals surface area contributed by atoms with Crippen molar-refractivity contribution in [2.24, 2.45) is 0 Å². The summed E-state index contributed by atoms with van der Waals surface area (Å²) in [4.78, 5) is 27.6. The third-order valence-electron chi connectivity index (χ3n) is 8.61. The molecule has 0 radical (unpaired) electrons. The van der Waals surface area contributed by atoms with E-state index in [0.717, 1.165) is 22.6 Å². The zero-order chi connectivity index (χ0) is 30.0. The lowest BCUT2D eigenvalue weighted by atomic mass is 9.72. The van der Waals surface area contributed by atoms with Gasteiger partial charge in [0.15, 0.2) is 8.32 Å². The van der Waals surface area contributed by atoms with Gasteiger partial charge in [-0.1, -0.05) is 51.1 Å². The number of nitro groups is 1. The Morgan fingerprint density at radius 2 is 1.59 bits per heavy atom. The van der Waals surface area contributed by atoms with E-state index in [1.54, 1.807) is 37.3 Å². The van der Waals surface area contributed by atoms with Crippen molar-refractivity contribution in [1.29, 1.82) is 0 Å². The molecule has 1 atom stereocenters. The van der Waals surface area contributed by atoms with E-state index in [0.29, 0.717) is 24.3 Å². The number of ether oxygens (including phenoxy) is 2. The summed E-state index contributed by atoms with van der Waals surface area (Å²) < 4.78 is 18.0. The first-order valence-electron chi connectivity index (χ1n) is 13.8. The van der Waals surface area contributed by atoms with Crippen LogP contribution >= 0.6 is 0 Å². The van der Waals surface area contributed by atoms with Crippen molar-refractivity contribution in [2.45, 2.75) is 63.8 Å². The van der Waals surface area contributed by atoms with Crippen LogP contribution in [0.3, 0.4) is 0 Å². The number of methoxy groups -OCH3 is 1. The lowest BCUT2D eigenvalue weighted by molar-refractivity contribution is -0.385. The second-order valence-corrected chi connectivity index (χ2v) is 17.0. The predicted octanol–water partition coefficient (Wildman–Crippen LogP) is 7.05. The van der Waals surface area contributed by atoms with E-state index < -0.39 is 13.7 Å². The van der Waals surface area contributed by atoms with Gasteiger partial charge in [0, 0.05) is 31.0 Å². The Kier molecular flexibility index (Phi) is 8.61. The molecule has 0 spiro atoms. The van der Waals surface area contributed by atoms with Crippen LogP contribution in [0.25, 0.3) is 0 Å². The van der Waals surface area contributed by atoms with Crippen molar-refractivity contribution < 1.29 is 23.6 Å². The number of hydrogen-bond donors (Lipinski definition) is 0. The largest absolute Gasteiger partial charge is 0.497 e. The summed E-state index contributed by atoms with van der Waals surface area (Å²) in [5.74, 6) is 1.31. The number of likely N-dealkylation sites (N-methyl/N-ethyl adjacent to an activating group) is 1. The number of benzene rings is 3. The van der Waals surface area contributed by atoms with Crippen molar-refractivity contribution in [2.75, 3.05) is 25.7 Å². The quantitative estimate of drug-likeness (QED) is 0.138.